The van der Waals surface area contributed by atoms with Gasteiger partial charge in [0.1, 0.15) is 31.0 Å². The third-order valence-corrected chi connectivity index (χ3v) is 5.80. The highest BCUT2D eigenvalue weighted by Gasteiger charge is 2.45. The van der Waals surface area contributed by atoms with Gasteiger partial charge in [-0.1, -0.05) is 60.7 Å². The van der Waals surface area contributed by atoms with Crippen LogP contribution in [0.4, 0.5) is 14.4 Å². The lowest BCUT2D eigenvalue weighted by Crippen LogP contribution is -2.64. The molecule has 2 aromatic carbocycles. The molecule has 210 valence electrons. The molecule has 1 aliphatic heterocycles. The summed E-state index contributed by atoms with van der Waals surface area (Å²) >= 11 is 0. The Kier molecular flexibility index (Phi) is 10.1. The quantitative estimate of drug-likeness (QED) is 0.395. The van der Waals surface area contributed by atoms with Gasteiger partial charge in [0, 0.05) is 12.5 Å². The molecule has 0 aliphatic carbocycles. The van der Waals surface area contributed by atoms with Crippen LogP contribution in [0, 0.1) is 0 Å². The summed E-state index contributed by atoms with van der Waals surface area (Å²) in [6.07, 6.45) is -3.31. The maximum atomic E-state index is 13.2. The van der Waals surface area contributed by atoms with Gasteiger partial charge in [0.05, 0.1) is 7.11 Å². The zero-order valence-corrected chi connectivity index (χ0v) is 22.5. The predicted molar refractivity (Wildman–Crippen MR) is 140 cm³/mol. The number of amides is 3. The Hall–Kier alpha value is -4.28. The predicted octanol–water partition coefficient (Wildman–Crippen LogP) is 4.11. The highest BCUT2D eigenvalue weighted by Crippen LogP contribution is 2.26. The van der Waals surface area contributed by atoms with Crippen LogP contribution < -0.4 is 10.6 Å². The number of esters is 1. The third kappa shape index (κ3) is 9.20. The molecule has 11 heteroatoms. The molecule has 3 rings (SSSR count). The number of alkyl carbamates (subject to hydrolysis) is 2. The standard InChI is InChI=1S/C28H35N3O8/c1-28(2,3)39-27(35)31-22(24(32)36-4)15-21(29-25(33)37-17-19-11-7-5-8-12-19)16-23(31)30-26(34)38-18-20-13-9-6-10-14-20/h5-14,21-23H,15-18H2,1-4H3,(H,29,33)(H,30,34)/t21-,22+,23-/m1/s1. The van der Waals surface area contributed by atoms with Gasteiger partial charge >= 0.3 is 24.2 Å². The molecule has 2 aromatic rings. The summed E-state index contributed by atoms with van der Waals surface area (Å²) in [6.45, 7) is 5.11. The zero-order chi connectivity index (χ0) is 28.4. The van der Waals surface area contributed by atoms with Crippen molar-refractivity contribution in [2.24, 2.45) is 0 Å². The van der Waals surface area contributed by atoms with Crippen molar-refractivity contribution < 1.29 is 38.1 Å². The van der Waals surface area contributed by atoms with Crippen LogP contribution in [0.2, 0.25) is 0 Å². The molecule has 0 unspecified atom stereocenters. The van der Waals surface area contributed by atoms with E-state index in [-0.39, 0.29) is 26.1 Å². The maximum Gasteiger partial charge on any atom is 0.412 e. The number of hydrogen-bond donors (Lipinski definition) is 2. The van der Waals surface area contributed by atoms with Crippen molar-refractivity contribution in [3.63, 3.8) is 0 Å². The average molecular weight is 542 g/mol. The summed E-state index contributed by atoms with van der Waals surface area (Å²) in [5.74, 6) is -0.727. The van der Waals surface area contributed by atoms with Crippen molar-refractivity contribution in [1.82, 2.24) is 15.5 Å². The Morgan fingerprint density at radius 1 is 0.821 bits per heavy atom. The molecule has 39 heavy (non-hydrogen) atoms. The fourth-order valence-corrected chi connectivity index (χ4v) is 4.07. The largest absolute Gasteiger partial charge is 0.467 e. The minimum absolute atomic E-state index is 0.000246. The van der Waals surface area contributed by atoms with Gasteiger partial charge < -0.3 is 29.6 Å². The summed E-state index contributed by atoms with van der Waals surface area (Å²) in [7, 11) is 1.19. The third-order valence-electron chi connectivity index (χ3n) is 5.80. The van der Waals surface area contributed by atoms with Crippen molar-refractivity contribution in [1.29, 1.82) is 0 Å². The van der Waals surface area contributed by atoms with Gasteiger partial charge in [-0.15, -0.1) is 0 Å². The first-order valence-corrected chi connectivity index (χ1v) is 12.6. The Morgan fingerprint density at radius 3 is 1.82 bits per heavy atom. The molecule has 0 bridgehead atoms. The van der Waals surface area contributed by atoms with Crippen molar-refractivity contribution >= 4 is 24.2 Å². The van der Waals surface area contributed by atoms with Crippen LogP contribution in [-0.4, -0.2) is 60.1 Å². The van der Waals surface area contributed by atoms with E-state index in [4.69, 9.17) is 18.9 Å². The topological polar surface area (TPSA) is 132 Å². The van der Waals surface area contributed by atoms with Crippen molar-refractivity contribution in [2.75, 3.05) is 7.11 Å². The number of carbonyl (C=O) groups is 4. The molecule has 1 fully saturated rings. The smallest absolute Gasteiger partial charge is 0.412 e. The number of rotatable bonds is 7. The minimum atomic E-state index is -1.16. The molecule has 1 aliphatic rings. The number of carbonyl (C=O) groups excluding carboxylic acids is 4. The second-order valence-corrected chi connectivity index (χ2v) is 10.0. The van der Waals surface area contributed by atoms with Gasteiger partial charge in [-0.3, -0.25) is 4.90 Å². The van der Waals surface area contributed by atoms with Crippen LogP contribution >= 0.6 is 0 Å². The average Bonchev–Trinajstić information content (AvgIpc) is 2.90. The van der Waals surface area contributed by atoms with Crippen LogP contribution in [-0.2, 0) is 37.0 Å². The van der Waals surface area contributed by atoms with E-state index < -0.39 is 48.1 Å². The monoisotopic (exact) mass is 541 g/mol. The minimum Gasteiger partial charge on any atom is -0.467 e. The molecular weight excluding hydrogens is 506 g/mol. The molecule has 0 spiro atoms. The molecule has 0 aromatic heterocycles. The molecule has 11 nitrogen and oxygen atoms in total. The summed E-state index contributed by atoms with van der Waals surface area (Å²) in [5, 5.41) is 5.37. The highest BCUT2D eigenvalue weighted by atomic mass is 16.6. The number of benzene rings is 2. The van der Waals surface area contributed by atoms with Crippen molar-refractivity contribution in [3.05, 3.63) is 71.8 Å². The summed E-state index contributed by atoms with van der Waals surface area (Å²) in [6, 6.07) is 16.4. The highest BCUT2D eigenvalue weighted by molar-refractivity contribution is 5.83. The Labute approximate surface area is 227 Å². The van der Waals surface area contributed by atoms with Crippen LogP contribution in [0.15, 0.2) is 60.7 Å². The van der Waals surface area contributed by atoms with Crippen molar-refractivity contribution in [2.45, 2.75) is 70.7 Å². The van der Waals surface area contributed by atoms with Gasteiger partial charge in [0.15, 0.2) is 0 Å². The summed E-state index contributed by atoms with van der Waals surface area (Å²) in [5.41, 5.74) is 0.709. The lowest BCUT2D eigenvalue weighted by molar-refractivity contribution is -0.150. The van der Waals surface area contributed by atoms with Crippen LogP contribution in [0.1, 0.15) is 44.7 Å². The van der Waals surface area contributed by atoms with E-state index in [0.29, 0.717) is 0 Å². The first-order chi connectivity index (χ1) is 18.6. The van der Waals surface area contributed by atoms with E-state index in [1.807, 2.05) is 48.5 Å². The lowest BCUT2D eigenvalue weighted by Gasteiger charge is -2.43. The van der Waals surface area contributed by atoms with Crippen LogP contribution in [0.25, 0.3) is 0 Å². The van der Waals surface area contributed by atoms with Gasteiger partial charge in [0.2, 0.25) is 0 Å². The van der Waals surface area contributed by atoms with E-state index in [0.717, 1.165) is 16.0 Å². The number of methoxy groups -OCH3 is 1. The number of hydrogen-bond acceptors (Lipinski definition) is 8. The molecule has 2 N–H and O–H groups in total. The van der Waals surface area contributed by atoms with E-state index in [9.17, 15) is 19.2 Å². The Bertz CT molecular complexity index is 1120. The molecule has 1 saturated heterocycles. The van der Waals surface area contributed by atoms with Gasteiger partial charge in [-0.25, -0.2) is 19.2 Å². The number of nitrogens with one attached hydrogen (secondary N) is 2. The van der Waals surface area contributed by atoms with Crippen molar-refractivity contribution in [3.8, 4) is 0 Å². The first-order valence-electron chi connectivity index (χ1n) is 12.6. The van der Waals surface area contributed by atoms with Gasteiger partial charge in [-0.2, -0.15) is 0 Å². The second-order valence-electron chi connectivity index (χ2n) is 10.0. The van der Waals surface area contributed by atoms with Crippen LogP contribution in [0.3, 0.4) is 0 Å². The summed E-state index contributed by atoms with van der Waals surface area (Å²) < 4.78 is 21.1. The van der Waals surface area contributed by atoms with E-state index in [2.05, 4.69) is 10.6 Å². The second kappa shape index (κ2) is 13.5. The van der Waals surface area contributed by atoms with E-state index >= 15 is 0 Å². The fraction of sp³-hybridized carbons (Fsp3) is 0.429. The molecule has 3 amide bonds. The molecule has 3 atom stereocenters. The molecule has 0 radical (unpaired) electrons. The zero-order valence-electron chi connectivity index (χ0n) is 22.5. The number of nitrogens with zero attached hydrogens (tertiary/aromatic N) is 1. The number of piperidine rings is 1. The fourth-order valence-electron chi connectivity index (χ4n) is 4.07. The molecule has 0 saturated carbocycles. The molecule has 1 heterocycles. The lowest BCUT2D eigenvalue weighted by atomic mass is 9.95. The SMILES string of the molecule is COC(=O)[C@@H]1C[C@@H](NC(=O)OCc2ccccc2)C[C@H](NC(=O)OCc2ccccc2)N1C(=O)OC(C)(C)C. The normalized spacial score (nSPS) is 18.9. The first kappa shape index (κ1) is 29.3. The maximum absolute atomic E-state index is 13.2. The Morgan fingerprint density at radius 2 is 1.33 bits per heavy atom. The van der Waals surface area contributed by atoms with Gasteiger partial charge in [-0.05, 0) is 38.3 Å². The van der Waals surface area contributed by atoms with E-state index in [1.54, 1.807) is 32.9 Å². The number of likely N-dealkylation sites (tertiary alicyclic amines) is 1. The number of ether oxygens (including phenoxy) is 4. The molecular formula is C28H35N3O8. The van der Waals surface area contributed by atoms with Gasteiger partial charge in [0.25, 0.3) is 0 Å². The Balaban J connectivity index is 1.75. The summed E-state index contributed by atoms with van der Waals surface area (Å²) in [4.78, 5) is 52.4. The van der Waals surface area contributed by atoms with Crippen LogP contribution in [0.5, 0.6) is 0 Å². The van der Waals surface area contributed by atoms with E-state index in [1.165, 1.54) is 7.11 Å².